The van der Waals surface area contributed by atoms with Crippen LogP contribution in [0.2, 0.25) is 0 Å². The molecule has 2 amide bonds. The fourth-order valence-corrected chi connectivity index (χ4v) is 1.12. The van der Waals surface area contributed by atoms with E-state index in [-0.39, 0.29) is 5.97 Å². The Morgan fingerprint density at radius 3 is 2.44 bits per heavy atom. The summed E-state index contributed by atoms with van der Waals surface area (Å²) in [6, 6.07) is 5.93. The number of nitrogens with one attached hydrogen (secondary N) is 2. The fourth-order valence-electron chi connectivity index (χ4n) is 1.06. The molecule has 1 rings (SSSR count). The number of benzene rings is 1. The van der Waals surface area contributed by atoms with Crippen LogP contribution in [0.4, 0.5) is 10.5 Å². The van der Waals surface area contributed by atoms with Crippen molar-refractivity contribution < 1.29 is 14.3 Å². The van der Waals surface area contributed by atoms with E-state index in [1.807, 2.05) is 0 Å². The molecule has 5 nitrogen and oxygen atoms in total. The predicted molar refractivity (Wildman–Crippen MR) is 63.5 cm³/mol. The Kier molecular flexibility index (Phi) is 4.65. The minimum atomic E-state index is -0.438. The summed E-state index contributed by atoms with van der Waals surface area (Å²) in [5.41, 5.74) is 1.01. The van der Waals surface area contributed by atoms with Gasteiger partial charge in [-0.1, -0.05) is 12.8 Å². The van der Waals surface area contributed by atoms with Crippen LogP contribution in [-0.2, 0) is 4.74 Å². The van der Waals surface area contributed by atoms with Gasteiger partial charge in [0, 0.05) is 5.69 Å². The van der Waals surface area contributed by atoms with E-state index < -0.39 is 6.03 Å². The van der Waals surface area contributed by atoms with Gasteiger partial charge in [0.15, 0.2) is 0 Å². The van der Waals surface area contributed by atoms with Gasteiger partial charge in [-0.25, -0.2) is 9.59 Å². The number of amides is 2. The predicted octanol–water partition coefficient (Wildman–Crippen LogP) is 1.83. The van der Waals surface area contributed by atoms with Crippen LogP contribution in [0, 0.1) is 0 Å². The summed E-state index contributed by atoms with van der Waals surface area (Å²) >= 11 is 3.59. The number of esters is 1. The van der Waals surface area contributed by atoms with Crippen molar-refractivity contribution >= 4 is 30.5 Å². The Morgan fingerprint density at radius 1 is 1.31 bits per heavy atom. The Bertz CT molecular complexity index is 378. The number of ether oxygens (including phenoxy) is 1. The first-order valence-electron chi connectivity index (χ1n) is 4.65. The van der Waals surface area contributed by atoms with Crippen LogP contribution >= 0.6 is 12.8 Å². The first-order valence-corrected chi connectivity index (χ1v) is 5.10. The van der Waals surface area contributed by atoms with Gasteiger partial charge in [0.1, 0.15) is 0 Å². The first-order chi connectivity index (χ1) is 7.67. The van der Waals surface area contributed by atoms with Crippen LogP contribution in [0.15, 0.2) is 24.3 Å². The molecule has 0 unspecified atom stereocenters. The van der Waals surface area contributed by atoms with Crippen LogP contribution in [0.25, 0.3) is 0 Å². The van der Waals surface area contributed by atoms with Crippen molar-refractivity contribution in [3.8, 4) is 0 Å². The number of thiol groups is 1. The maximum atomic E-state index is 11.3. The van der Waals surface area contributed by atoms with Crippen molar-refractivity contribution in [2.75, 3.05) is 11.9 Å². The lowest BCUT2D eigenvalue weighted by Gasteiger charge is -2.05. The van der Waals surface area contributed by atoms with Crippen LogP contribution < -0.4 is 10.0 Å². The molecule has 0 aliphatic carbocycles. The van der Waals surface area contributed by atoms with Crippen molar-refractivity contribution in [2.24, 2.45) is 0 Å². The molecule has 0 radical (unpaired) electrons. The highest BCUT2D eigenvalue weighted by atomic mass is 32.1. The van der Waals surface area contributed by atoms with E-state index in [9.17, 15) is 9.59 Å². The number of hydrogen-bond acceptors (Lipinski definition) is 4. The molecular formula is C10H12N2O3S. The van der Waals surface area contributed by atoms with E-state index in [2.05, 4.69) is 22.9 Å². The summed E-state index contributed by atoms with van der Waals surface area (Å²) in [5.74, 6) is -0.382. The van der Waals surface area contributed by atoms with Crippen molar-refractivity contribution in [3.05, 3.63) is 29.8 Å². The Balaban J connectivity index is 2.67. The molecule has 16 heavy (non-hydrogen) atoms. The maximum Gasteiger partial charge on any atom is 0.338 e. The number of hydrogen-bond donors (Lipinski definition) is 3. The molecule has 2 N–H and O–H groups in total. The highest BCUT2D eigenvalue weighted by molar-refractivity contribution is 7.78. The van der Waals surface area contributed by atoms with Gasteiger partial charge < -0.3 is 10.1 Å². The third-order valence-corrected chi connectivity index (χ3v) is 1.96. The summed E-state index contributed by atoms with van der Waals surface area (Å²) in [6.45, 7) is 2.08. The second-order valence-electron chi connectivity index (χ2n) is 2.86. The Morgan fingerprint density at radius 2 is 1.94 bits per heavy atom. The van der Waals surface area contributed by atoms with Crippen LogP contribution in [-0.4, -0.2) is 18.6 Å². The number of rotatable bonds is 3. The zero-order chi connectivity index (χ0) is 12.0. The van der Waals surface area contributed by atoms with Gasteiger partial charge in [0.2, 0.25) is 0 Å². The standard InChI is InChI=1S/C10H12N2O3S/c1-2-15-9(13)7-3-5-8(6-4-7)11-10(14)12-16/h3-6,16H,2H2,1H3,(H2,11,12,14). The molecular weight excluding hydrogens is 228 g/mol. The third kappa shape index (κ3) is 3.47. The molecule has 1 aromatic rings. The molecule has 0 heterocycles. The van der Waals surface area contributed by atoms with E-state index in [0.29, 0.717) is 17.9 Å². The molecule has 0 spiro atoms. The molecule has 0 saturated heterocycles. The van der Waals surface area contributed by atoms with Gasteiger partial charge in [-0.05, 0) is 31.2 Å². The van der Waals surface area contributed by atoms with Crippen LogP contribution in [0.5, 0.6) is 0 Å². The van der Waals surface area contributed by atoms with Gasteiger partial charge in [-0.2, -0.15) is 0 Å². The smallest absolute Gasteiger partial charge is 0.338 e. The monoisotopic (exact) mass is 240 g/mol. The zero-order valence-electron chi connectivity index (χ0n) is 8.69. The minimum Gasteiger partial charge on any atom is -0.462 e. The van der Waals surface area contributed by atoms with Gasteiger partial charge >= 0.3 is 12.0 Å². The number of carbonyl (C=O) groups is 2. The lowest BCUT2D eigenvalue weighted by molar-refractivity contribution is 0.0526. The van der Waals surface area contributed by atoms with E-state index >= 15 is 0 Å². The lowest BCUT2D eigenvalue weighted by Crippen LogP contribution is -2.20. The first kappa shape index (κ1) is 12.4. The van der Waals surface area contributed by atoms with E-state index in [4.69, 9.17) is 4.74 Å². The molecule has 0 aliphatic rings. The highest BCUT2D eigenvalue weighted by Crippen LogP contribution is 2.10. The molecule has 86 valence electrons. The Hall–Kier alpha value is -1.69. The quantitative estimate of drug-likeness (QED) is 0.557. The minimum absolute atomic E-state index is 0.334. The third-order valence-electron chi connectivity index (χ3n) is 1.76. The summed E-state index contributed by atoms with van der Waals surface area (Å²) < 4.78 is 6.94. The molecule has 6 heteroatoms. The van der Waals surface area contributed by atoms with E-state index in [0.717, 1.165) is 0 Å². The van der Waals surface area contributed by atoms with Crippen molar-refractivity contribution in [3.63, 3.8) is 0 Å². The Labute approximate surface area is 98.7 Å². The molecule has 1 aromatic carbocycles. The van der Waals surface area contributed by atoms with Gasteiger partial charge in [0.05, 0.1) is 12.2 Å². The molecule has 0 aromatic heterocycles. The number of urea groups is 1. The normalized spacial score (nSPS) is 9.38. The maximum absolute atomic E-state index is 11.3. The highest BCUT2D eigenvalue weighted by Gasteiger charge is 2.06. The van der Waals surface area contributed by atoms with Gasteiger partial charge in [-0.15, -0.1) is 0 Å². The van der Waals surface area contributed by atoms with E-state index in [1.54, 1.807) is 31.2 Å². The SMILES string of the molecule is CCOC(=O)c1ccc(NC(=O)NS)cc1. The average molecular weight is 240 g/mol. The average Bonchev–Trinajstić information content (AvgIpc) is 2.30. The second kappa shape index (κ2) is 6.02. The summed E-state index contributed by atoms with van der Waals surface area (Å²) in [7, 11) is 0. The van der Waals surface area contributed by atoms with Crippen LogP contribution in [0.3, 0.4) is 0 Å². The van der Waals surface area contributed by atoms with Gasteiger partial charge in [-0.3, -0.25) is 4.72 Å². The topological polar surface area (TPSA) is 67.4 Å². The lowest BCUT2D eigenvalue weighted by atomic mass is 10.2. The van der Waals surface area contributed by atoms with Crippen molar-refractivity contribution in [1.82, 2.24) is 4.72 Å². The van der Waals surface area contributed by atoms with Crippen molar-refractivity contribution in [1.29, 1.82) is 0 Å². The largest absolute Gasteiger partial charge is 0.462 e. The summed E-state index contributed by atoms with van der Waals surface area (Å²) in [4.78, 5) is 22.2. The molecule has 0 saturated carbocycles. The van der Waals surface area contributed by atoms with Crippen LogP contribution in [0.1, 0.15) is 17.3 Å². The summed E-state index contributed by atoms with van der Waals surface area (Å²) in [6.07, 6.45) is 0. The number of carbonyl (C=O) groups excluding carboxylic acids is 2. The second-order valence-corrected chi connectivity index (χ2v) is 3.09. The molecule has 0 fully saturated rings. The molecule has 0 bridgehead atoms. The summed E-state index contributed by atoms with van der Waals surface area (Å²) in [5, 5.41) is 2.51. The zero-order valence-corrected chi connectivity index (χ0v) is 9.58. The van der Waals surface area contributed by atoms with Gasteiger partial charge in [0.25, 0.3) is 0 Å². The van der Waals surface area contributed by atoms with Crippen molar-refractivity contribution in [2.45, 2.75) is 6.92 Å². The molecule has 0 aliphatic heterocycles. The molecule has 0 atom stereocenters. The van der Waals surface area contributed by atoms with E-state index in [1.165, 1.54) is 0 Å². The fraction of sp³-hybridized carbons (Fsp3) is 0.200. The number of anilines is 1.